The van der Waals surface area contributed by atoms with Crippen LogP contribution in [0.5, 0.6) is 5.75 Å². The summed E-state index contributed by atoms with van der Waals surface area (Å²) >= 11 is 8.14. The van der Waals surface area contributed by atoms with E-state index in [-0.39, 0.29) is 0 Å². The number of anilines is 2. The van der Waals surface area contributed by atoms with Crippen LogP contribution in [0.4, 0.5) is 11.4 Å². The minimum Gasteiger partial charge on any atom is -0.495 e. The van der Waals surface area contributed by atoms with E-state index in [1.54, 1.807) is 18.9 Å². The maximum atomic E-state index is 6.37. The lowest BCUT2D eigenvalue weighted by Gasteiger charge is -2.33. The first kappa shape index (κ1) is 16.5. The molecule has 122 valence electrons. The Morgan fingerprint density at radius 3 is 2.65 bits per heavy atom. The molecule has 3 nitrogen and oxygen atoms in total. The third kappa shape index (κ3) is 3.44. The second-order valence-corrected chi connectivity index (χ2v) is 7.32. The van der Waals surface area contributed by atoms with Crippen molar-refractivity contribution < 1.29 is 4.74 Å². The zero-order valence-corrected chi connectivity index (χ0v) is 15.2. The highest BCUT2D eigenvalue weighted by atomic mass is 35.5. The largest absolute Gasteiger partial charge is 0.495 e. The number of hydrogen-bond acceptors (Lipinski definition) is 4. The lowest BCUT2D eigenvalue weighted by Crippen LogP contribution is -2.25. The topological polar surface area (TPSA) is 15.7 Å². The summed E-state index contributed by atoms with van der Waals surface area (Å²) < 4.78 is 5.38. The van der Waals surface area contributed by atoms with Gasteiger partial charge in [-0.15, -0.1) is 0 Å². The third-order valence-electron chi connectivity index (χ3n) is 3.89. The predicted molar refractivity (Wildman–Crippen MR) is 98.7 cm³/mol. The van der Waals surface area contributed by atoms with E-state index in [4.69, 9.17) is 16.3 Å². The first-order chi connectivity index (χ1) is 11.1. The van der Waals surface area contributed by atoms with Crippen LogP contribution in [-0.2, 0) is 0 Å². The first-order valence-corrected chi connectivity index (χ1v) is 8.86. The predicted octanol–water partition coefficient (Wildman–Crippen LogP) is 4.90. The molecular formula is C18H21ClN2OS. The maximum Gasteiger partial charge on any atom is 0.138 e. The number of rotatable bonds is 5. The molecule has 0 aromatic heterocycles. The first-order valence-electron chi connectivity index (χ1n) is 7.67. The van der Waals surface area contributed by atoms with Crippen LogP contribution >= 0.6 is 23.4 Å². The van der Waals surface area contributed by atoms with Gasteiger partial charge in [0.15, 0.2) is 0 Å². The molecule has 0 unspecified atom stereocenters. The van der Waals surface area contributed by atoms with Gasteiger partial charge < -0.3 is 14.5 Å². The number of nitrogens with zero attached hydrogens (tertiary/aromatic N) is 2. The molecule has 2 aromatic rings. The maximum absolute atomic E-state index is 6.37. The highest BCUT2D eigenvalue weighted by Crippen LogP contribution is 2.50. The minimum atomic E-state index is 0.656. The van der Waals surface area contributed by atoms with E-state index in [1.165, 1.54) is 21.2 Å². The van der Waals surface area contributed by atoms with Crippen LogP contribution < -0.4 is 9.64 Å². The van der Waals surface area contributed by atoms with E-state index in [0.717, 1.165) is 25.3 Å². The van der Waals surface area contributed by atoms with Crippen molar-refractivity contribution in [2.45, 2.75) is 16.2 Å². The minimum absolute atomic E-state index is 0.656. The summed E-state index contributed by atoms with van der Waals surface area (Å²) in [6, 6.07) is 12.6. The Labute approximate surface area is 147 Å². The number of halogens is 1. The normalized spacial score (nSPS) is 13.0. The van der Waals surface area contributed by atoms with Crippen LogP contribution in [0.1, 0.15) is 6.42 Å². The van der Waals surface area contributed by atoms with E-state index in [9.17, 15) is 0 Å². The molecule has 0 fully saturated rings. The van der Waals surface area contributed by atoms with Crippen molar-refractivity contribution in [2.75, 3.05) is 39.2 Å². The van der Waals surface area contributed by atoms with Gasteiger partial charge in [-0.2, -0.15) is 0 Å². The van der Waals surface area contributed by atoms with Gasteiger partial charge in [0.05, 0.1) is 23.5 Å². The Balaban J connectivity index is 1.98. The Kier molecular flexibility index (Phi) is 5.05. The van der Waals surface area contributed by atoms with Gasteiger partial charge in [-0.25, -0.2) is 0 Å². The van der Waals surface area contributed by atoms with E-state index in [0.29, 0.717) is 5.02 Å². The molecule has 5 heteroatoms. The van der Waals surface area contributed by atoms with Crippen LogP contribution in [0.3, 0.4) is 0 Å². The number of fused-ring (bicyclic) bond motifs is 2. The lowest BCUT2D eigenvalue weighted by molar-refractivity contribution is 0.402. The highest BCUT2D eigenvalue weighted by molar-refractivity contribution is 7.99. The van der Waals surface area contributed by atoms with E-state index in [1.807, 2.05) is 12.1 Å². The number of benzene rings is 2. The fourth-order valence-corrected chi connectivity index (χ4v) is 4.12. The smallest absolute Gasteiger partial charge is 0.138 e. The van der Waals surface area contributed by atoms with Crippen LogP contribution in [0, 0.1) is 0 Å². The highest BCUT2D eigenvalue weighted by Gasteiger charge is 2.24. The SMILES string of the molecule is COc1cc2c(cc1Cl)N(CCCN(C)C)c1ccccc1S2. The lowest BCUT2D eigenvalue weighted by atomic mass is 10.2. The van der Waals surface area contributed by atoms with Gasteiger partial charge in [0, 0.05) is 16.3 Å². The van der Waals surface area contributed by atoms with E-state index in [2.05, 4.69) is 48.2 Å². The summed E-state index contributed by atoms with van der Waals surface area (Å²) in [7, 11) is 5.87. The van der Waals surface area contributed by atoms with Gasteiger partial charge in [0.25, 0.3) is 0 Å². The molecule has 0 N–H and O–H groups in total. The Morgan fingerprint density at radius 1 is 1.13 bits per heavy atom. The van der Waals surface area contributed by atoms with Crippen LogP contribution in [0.15, 0.2) is 46.2 Å². The molecule has 0 radical (unpaired) electrons. The van der Waals surface area contributed by atoms with E-state index >= 15 is 0 Å². The molecule has 0 amide bonds. The van der Waals surface area contributed by atoms with Gasteiger partial charge in [-0.3, -0.25) is 0 Å². The number of ether oxygens (including phenoxy) is 1. The molecule has 2 aromatic carbocycles. The summed E-state index contributed by atoms with van der Waals surface area (Å²) in [5.41, 5.74) is 2.42. The monoisotopic (exact) mass is 348 g/mol. The van der Waals surface area contributed by atoms with Crippen LogP contribution in [0.25, 0.3) is 0 Å². The van der Waals surface area contributed by atoms with Gasteiger partial charge in [0.2, 0.25) is 0 Å². The summed E-state index contributed by atoms with van der Waals surface area (Å²) in [6.07, 6.45) is 1.09. The van der Waals surface area contributed by atoms with Crippen molar-refractivity contribution in [3.63, 3.8) is 0 Å². The van der Waals surface area contributed by atoms with Crippen molar-refractivity contribution in [3.8, 4) is 5.75 Å². The van der Waals surface area contributed by atoms with Gasteiger partial charge in [0.1, 0.15) is 5.75 Å². The van der Waals surface area contributed by atoms with Crippen molar-refractivity contribution in [2.24, 2.45) is 0 Å². The average Bonchev–Trinajstić information content (AvgIpc) is 2.54. The molecule has 0 saturated heterocycles. The quantitative estimate of drug-likeness (QED) is 0.763. The van der Waals surface area contributed by atoms with Crippen molar-refractivity contribution in [1.82, 2.24) is 4.90 Å². The van der Waals surface area contributed by atoms with Crippen molar-refractivity contribution in [3.05, 3.63) is 41.4 Å². The molecule has 23 heavy (non-hydrogen) atoms. The number of hydrogen-bond donors (Lipinski definition) is 0. The van der Waals surface area contributed by atoms with Gasteiger partial charge >= 0.3 is 0 Å². The van der Waals surface area contributed by atoms with E-state index < -0.39 is 0 Å². The zero-order valence-electron chi connectivity index (χ0n) is 13.7. The Hall–Kier alpha value is -1.36. The summed E-state index contributed by atoms with van der Waals surface area (Å²) in [4.78, 5) is 7.05. The molecule has 0 atom stereocenters. The number of para-hydroxylation sites is 1. The van der Waals surface area contributed by atoms with Gasteiger partial charge in [-0.05, 0) is 51.3 Å². The summed E-state index contributed by atoms with van der Waals surface area (Å²) in [6.45, 7) is 2.02. The summed E-state index contributed by atoms with van der Waals surface area (Å²) in [5.74, 6) is 0.727. The Morgan fingerprint density at radius 2 is 1.91 bits per heavy atom. The molecule has 1 heterocycles. The van der Waals surface area contributed by atoms with Crippen LogP contribution in [-0.4, -0.2) is 39.2 Å². The molecule has 0 bridgehead atoms. The Bertz CT molecular complexity index is 705. The molecule has 0 aliphatic carbocycles. The molecule has 0 spiro atoms. The molecule has 1 aliphatic heterocycles. The molecule has 1 aliphatic rings. The average molecular weight is 349 g/mol. The standard InChI is InChI=1S/C18H21ClN2OS/c1-20(2)9-6-10-21-14-7-4-5-8-17(14)23-18-12-16(22-3)13(19)11-15(18)21/h4-5,7-8,11-12H,6,9-10H2,1-3H3. The third-order valence-corrected chi connectivity index (χ3v) is 5.29. The van der Waals surface area contributed by atoms with Gasteiger partial charge in [-0.1, -0.05) is 35.5 Å². The number of methoxy groups -OCH3 is 1. The second kappa shape index (κ2) is 7.04. The molecule has 3 rings (SSSR count). The molecular weight excluding hydrogens is 328 g/mol. The zero-order chi connectivity index (χ0) is 16.4. The fourth-order valence-electron chi connectivity index (χ4n) is 2.77. The van der Waals surface area contributed by atoms with Crippen molar-refractivity contribution >= 4 is 34.7 Å². The van der Waals surface area contributed by atoms with Crippen molar-refractivity contribution in [1.29, 1.82) is 0 Å². The fraction of sp³-hybridized carbons (Fsp3) is 0.333. The second-order valence-electron chi connectivity index (χ2n) is 5.83. The summed E-state index contributed by atoms with van der Waals surface area (Å²) in [5, 5.41) is 0.656. The molecule has 0 saturated carbocycles. The van der Waals surface area contributed by atoms with Crippen LogP contribution in [0.2, 0.25) is 5.02 Å².